The standard InChI is InChI=1S/C8H9ClN2O4/c1-14-4-5-15-8-6(11(12)13)2-3-7(9)10-8/h2-3H,4-5H2,1H3. The van der Waals surface area contributed by atoms with Crippen molar-refractivity contribution in [2.24, 2.45) is 0 Å². The Morgan fingerprint density at radius 1 is 1.53 bits per heavy atom. The Balaban J connectivity index is 2.82. The van der Waals surface area contributed by atoms with Gasteiger partial charge in [-0.05, 0) is 6.07 Å². The van der Waals surface area contributed by atoms with E-state index in [0.29, 0.717) is 6.61 Å². The van der Waals surface area contributed by atoms with Gasteiger partial charge < -0.3 is 9.47 Å². The van der Waals surface area contributed by atoms with Crippen molar-refractivity contribution >= 4 is 17.3 Å². The van der Waals surface area contributed by atoms with Crippen LogP contribution in [0.1, 0.15) is 0 Å². The number of hydrogen-bond donors (Lipinski definition) is 0. The molecule has 0 fully saturated rings. The van der Waals surface area contributed by atoms with Gasteiger partial charge in [0.05, 0.1) is 11.5 Å². The maximum absolute atomic E-state index is 10.6. The fraction of sp³-hybridized carbons (Fsp3) is 0.375. The minimum absolute atomic E-state index is 0.0930. The van der Waals surface area contributed by atoms with Crippen molar-refractivity contribution < 1.29 is 14.4 Å². The van der Waals surface area contributed by atoms with Gasteiger partial charge in [0.1, 0.15) is 11.8 Å². The van der Waals surface area contributed by atoms with Gasteiger partial charge in [0, 0.05) is 13.2 Å². The molecule has 7 heteroatoms. The number of ether oxygens (including phenoxy) is 2. The summed E-state index contributed by atoms with van der Waals surface area (Å²) in [7, 11) is 1.50. The zero-order chi connectivity index (χ0) is 11.3. The molecule has 0 aliphatic rings. The van der Waals surface area contributed by atoms with E-state index < -0.39 is 4.92 Å². The summed E-state index contributed by atoms with van der Waals surface area (Å²) in [5.74, 6) is -0.0930. The Bertz CT molecular complexity index is 358. The average molecular weight is 233 g/mol. The lowest BCUT2D eigenvalue weighted by atomic mass is 10.4. The number of rotatable bonds is 5. The molecule has 0 radical (unpaired) electrons. The maximum atomic E-state index is 10.6. The molecule has 0 amide bonds. The molecule has 82 valence electrons. The lowest BCUT2D eigenvalue weighted by Crippen LogP contribution is -2.07. The van der Waals surface area contributed by atoms with Crippen LogP contribution in [0.2, 0.25) is 5.15 Å². The molecule has 1 aromatic rings. The molecule has 0 atom stereocenters. The Hall–Kier alpha value is -1.40. The van der Waals surface area contributed by atoms with Crippen LogP contribution in [0, 0.1) is 10.1 Å². The third kappa shape index (κ3) is 3.34. The normalized spacial score (nSPS) is 10.0. The summed E-state index contributed by atoms with van der Waals surface area (Å²) in [6, 6.07) is 2.58. The minimum Gasteiger partial charge on any atom is -0.470 e. The highest BCUT2D eigenvalue weighted by atomic mass is 35.5. The number of aromatic nitrogens is 1. The molecule has 15 heavy (non-hydrogen) atoms. The van der Waals surface area contributed by atoms with E-state index in [9.17, 15) is 10.1 Å². The van der Waals surface area contributed by atoms with Crippen molar-refractivity contribution in [2.75, 3.05) is 20.3 Å². The lowest BCUT2D eigenvalue weighted by Gasteiger charge is -2.04. The van der Waals surface area contributed by atoms with Gasteiger partial charge in [-0.1, -0.05) is 11.6 Å². The molecule has 1 aromatic heterocycles. The second-order valence-electron chi connectivity index (χ2n) is 2.56. The van der Waals surface area contributed by atoms with Crippen LogP contribution in [0.5, 0.6) is 5.88 Å². The molecule has 0 spiro atoms. The van der Waals surface area contributed by atoms with E-state index in [1.165, 1.54) is 19.2 Å². The molecule has 6 nitrogen and oxygen atoms in total. The second kappa shape index (κ2) is 5.47. The topological polar surface area (TPSA) is 74.5 Å². The highest BCUT2D eigenvalue weighted by Gasteiger charge is 2.16. The molecule has 1 rings (SSSR count). The molecule has 0 aliphatic carbocycles. The number of nitro groups is 1. The SMILES string of the molecule is COCCOc1nc(Cl)ccc1[N+](=O)[O-]. The first kappa shape index (κ1) is 11.7. The van der Waals surface area contributed by atoms with Crippen LogP contribution in [0.3, 0.4) is 0 Å². The molecule has 0 aromatic carbocycles. The van der Waals surface area contributed by atoms with Crippen LogP contribution in [0.15, 0.2) is 12.1 Å². The quantitative estimate of drug-likeness (QED) is 0.334. The number of pyridine rings is 1. The van der Waals surface area contributed by atoms with E-state index in [-0.39, 0.29) is 23.3 Å². The van der Waals surface area contributed by atoms with Gasteiger partial charge in [-0.2, -0.15) is 4.98 Å². The molecule has 0 saturated heterocycles. The van der Waals surface area contributed by atoms with Crippen molar-refractivity contribution in [1.29, 1.82) is 0 Å². The summed E-state index contributed by atoms with van der Waals surface area (Å²) in [6.45, 7) is 0.510. The Morgan fingerprint density at radius 3 is 2.87 bits per heavy atom. The second-order valence-corrected chi connectivity index (χ2v) is 2.94. The van der Waals surface area contributed by atoms with Crippen LogP contribution in [0.4, 0.5) is 5.69 Å². The van der Waals surface area contributed by atoms with E-state index >= 15 is 0 Å². The Kier molecular flexibility index (Phi) is 4.26. The predicted octanol–water partition coefficient (Wildman–Crippen LogP) is 1.67. The van der Waals surface area contributed by atoms with Crippen molar-refractivity contribution in [3.63, 3.8) is 0 Å². The molecule has 0 N–H and O–H groups in total. The highest BCUT2D eigenvalue weighted by molar-refractivity contribution is 6.29. The van der Waals surface area contributed by atoms with Crippen LogP contribution in [0.25, 0.3) is 0 Å². The molecular weight excluding hydrogens is 224 g/mol. The number of halogens is 1. The zero-order valence-corrected chi connectivity index (χ0v) is 8.73. The summed E-state index contributed by atoms with van der Waals surface area (Å²) in [5, 5.41) is 10.7. The molecule has 0 aliphatic heterocycles. The fourth-order valence-corrected chi connectivity index (χ4v) is 1.02. The van der Waals surface area contributed by atoms with Gasteiger partial charge in [-0.25, -0.2) is 0 Å². The summed E-state index contributed by atoms with van der Waals surface area (Å²) in [6.07, 6.45) is 0. The van der Waals surface area contributed by atoms with Gasteiger partial charge >= 0.3 is 5.69 Å². The fourth-order valence-electron chi connectivity index (χ4n) is 0.877. The first-order valence-corrected chi connectivity index (χ1v) is 4.45. The van der Waals surface area contributed by atoms with E-state index in [4.69, 9.17) is 21.1 Å². The van der Waals surface area contributed by atoms with Crippen molar-refractivity contribution in [1.82, 2.24) is 4.98 Å². The van der Waals surface area contributed by atoms with Gasteiger partial charge in [-0.15, -0.1) is 0 Å². The summed E-state index contributed by atoms with van der Waals surface area (Å²) in [5.41, 5.74) is -0.212. The van der Waals surface area contributed by atoms with Gasteiger partial charge in [0.15, 0.2) is 0 Å². The van der Waals surface area contributed by atoms with Crippen LogP contribution in [-0.4, -0.2) is 30.2 Å². The van der Waals surface area contributed by atoms with Gasteiger partial charge in [-0.3, -0.25) is 10.1 Å². The summed E-state index contributed by atoms with van der Waals surface area (Å²) < 4.78 is 9.80. The number of methoxy groups -OCH3 is 1. The van der Waals surface area contributed by atoms with Crippen LogP contribution in [-0.2, 0) is 4.74 Å². The summed E-state index contributed by atoms with van der Waals surface area (Å²) >= 11 is 5.59. The molecule has 0 bridgehead atoms. The van der Waals surface area contributed by atoms with Crippen molar-refractivity contribution in [2.45, 2.75) is 0 Å². The van der Waals surface area contributed by atoms with Crippen molar-refractivity contribution in [3.8, 4) is 5.88 Å². The zero-order valence-electron chi connectivity index (χ0n) is 7.97. The van der Waals surface area contributed by atoms with E-state index in [1.807, 2.05) is 0 Å². The summed E-state index contributed by atoms with van der Waals surface area (Å²) in [4.78, 5) is 13.7. The van der Waals surface area contributed by atoms with E-state index in [2.05, 4.69) is 4.98 Å². The predicted molar refractivity (Wildman–Crippen MR) is 53.3 cm³/mol. The Labute approximate surface area is 90.9 Å². The lowest BCUT2D eigenvalue weighted by molar-refractivity contribution is -0.386. The number of hydrogen-bond acceptors (Lipinski definition) is 5. The molecule has 0 saturated carbocycles. The minimum atomic E-state index is -0.578. The first-order valence-electron chi connectivity index (χ1n) is 4.08. The molecule has 0 unspecified atom stereocenters. The van der Waals surface area contributed by atoms with Gasteiger partial charge in [0.2, 0.25) is 0 Å². The number of nitrogens with zero attached hydrogens (tertiary/aromatic N) is 2. The van der Waals surface area contributed by atoms with Crippen LogP contribution < -0.4 is 4.74 Å². The monoisotopic (exact) mass is 232 g/mol. The smallest absolute Gasteiger partial charge is 0.331 e. The highest BCUT2D eigenvalue weighted by Crippen LogP contribution is 2.25. The molecular formula is C8H9ClN2O4. The maximum Gasteiger partial charge on any atom is 0.331 e. The largest absolute Gasteiger partial charge is 0.470 e. The van der Waals surface area contributed by atoms with Crippen LogP contribution >= 0.6 is 11.6 Å². The Morgan fingerprint density at radius 2 is 2.27 bits per heavy atom. The van der Waals surface area contributed by atoms with E-state index in [0.717, 1.165) is 0 Å². The first-order chi connectivity index (χ1) is 7.15. The molecule has 1 heterocycles. The van der Waals surface area contributed by atoms with E-state index in [1.54, 1.807) is 0 Å². The van der Waals surface area contributed by atoms with Crippen molar-refractivity contribution in [3.05, 3.63) is 27.4 Å². The van der Waals surface area contributed by atoms with Gasteiger partial charge in [0.25, 0.3) is 5.88 Å². The average Bonchev–Trinajstić information content (AvgIpc) is 2.18. The third-order valence-electron chi connectivity index (χ3n) is 1.53. The third-order valence-corrected chi connectivity index (χ3v) is 1.74.